The van der Waals surface area contributed by atoms with Crippen LogP contribution in [-0.2, 0) is 6.42 Å². The third-order valence-corrected chi connectivity index (χ3v) is 2.89. The summed E-state index contributed by atoms with van der Waals surface area (Å²) in [6.45, 7) is 3.72. The minimum absolute atomic E-state index is 0.341. The predicted octanol–water partition coefficient (Wildman–Crippen LogP) is 3.02. The molecule has 2 rings (SSSR count). The van der Waals surface area contributed by atoms with E-state index in [1.807, 2.05) is 10.8 Å². The Morgan fingerprint density at radius 3 is 2.89 bits per heavy atom. The number of hydrogen-bond donors (Lipinski definition) is 1. The van der Waals surface area contributed by atoms with Gasteiger partial charge in [0, 0.05) is 24.4 Å². The molecule has 1 aromatic heterocycles. The Labute approximate surface area is 106 Å². The van der Waals surface area contributed by atoms with Crippen molar-refractivity contribution in [1.29, 1.82) is 0 Å². The molecule has 18 heavy (non-hydrogen) atoms. The normalized spacial score (nSPS) is 12.7. The standard InChI is InChI=1S/C14H17FN2O/c1-3-4-14-16-7-8-17(14)13-6-5-11(15)9-12(13)10(2)18/h5-10,18H,3-4H2,1-2H3. The van der Waals surface area contributed by atoms with Gasteiger partial charge >= 0.3 is 0 Å². The van der Waals surface area contributed by atoms with E-state index >= 15 is 0 Å². The Kier molecular flexibility index (Phi) is 3.77. The van der Waals surface area contributed by atoms with E-state index < -0.39 is 6.10 Å². The summed E-state index contributed by atoms with van der Waals surface area (Å²) in [5, 5.41) is 9.75. The summed E-state index contributed by atoms with van der Waals surface area (Å²) in [6.07, 6.45) is 4.68. The Morgan fingerprint density at radius 1 is 1.44 bits per heavy atom. The summed E-state index contributed by atoms with van der Waals surface area (Å²) in [5.41, 5.74) is 1.36. The van der Waals surface area contributed by atoms with Crippen molar-refractivity contribution in [2.24, 2.45) is 0 Å². The molecular weight excluding hydrogens is 231 g/mol. The highest BCUT2D eigenvalue weighted by molar-refractivity contribution is 5.43. The van der Waals surface area contributed by atoms with E-state index in [1.165, 1.54) is 12.1 Å². The van der Waals surface area contributed by atoms with Gasteiger partial charge in [-0.1, -0.05) is 6.92 Å². The molecule has 1 heterocycles. The predicted molar refractivity (Wildman–Crippen MR) is 68.2 cm³/mol. The Bertz CT molecular complexity index is 534. The van der Waals surface area contributed by atoms with Crippen LogP contribution in [0, 0.1) is 5.82 Å². The zero-order valence-corrected chi connectivity index (χ0v) is 10.6. The zero-order chi connectivity index (χ0) is 13.1. The van der Waals surface area contributed by atoms with Crippen molar-refractivity contribution in [1.82, 2.24) is 9.55 Å². The first kappa shape index (κ1) is 12.8. The van der Waals surface area contributed by atoms with Crippen LogP contribution in [0.1, 0.15) is 37.8 Å². The van der Waals surface area contributed by atoms with E-state index in [4.69, 9.17) is 0 Å². The number of benzene rings is 1. The number of aryl methyl sites for hydroxylation is 1. The number of aromatic nitrogens is 2. The van der Waals surface area contributed by atoms with Gasteiger partial charge in [0.2, 0.25) is 0 Å². The van der Waals surface area contributed by atoms with Gasteiger partial charge in [0.05, 0.1) is 11.8 Å². The minimum atomic E-state index is -0.715. The van der Waals surface area contributed by atoms with Gasteiger partial charge in [-0.05, 0) is 31.5 Å². The Morgan fingerprint density at radius 2 is 2.22 bits per heavy atom. The molecule has 0 bridgehead atoms. The van der Waals surface area contributed by atoms with Crippen LogP contribution in [0.15, 0.2) is 30.6 Å². The molecule has 3 nitrogen and oxygen atoms in total. The van der Waals surface area contributed by atoms with Gasteiger partial charge in [0.15, 0.2) is 0 Å². The molecule has 0 aliphatic carbocycles. The van der Waals surface area contributed by atoms with E-state index in [0.717, 1.165) is 24.4 Å². The highest BCUT2D eigenvalue weighted by atomic mass is 19.1. The third kappa shape index (κ3) is 2.43. The Balaban J connectivity index is 2.52. The summed E-state index contributed by atoms with van der Waals surface area (Å²) < 4.78 is 15.2. The van der Waals surface area contributed by atoms with Crippen LogP contribution in [0.2, 0.25) is 0 Å². The summed E-state index contributed by atoms with van der Waals surface area (Å²) in [4.78, 5) is 4.29. The number of aliphatic hydroxyl groups is 1. The molecule has 1 unspecified atom stereocenters. The van der Waals surface area contributed by atoms with Crippen molar-refractivity contribution >= 4 is 0 Å². The van der Waals surface area contributed by atoms with Gasteiger partial charge in [-0.3, -0.25) is 0 Å². The van der Waals surface area contributed by atoms with Crippen LogP contribution in [-0.4, -0.2) is 14.7 Å². The fraction of sp³-hybridized carbons (Fsp3) is 0.357. The molecule has 0 aliphatic heterocycles. The number of hydrogen-bond acceptors (Lipinski definition) is 2. The quantitative estimate of drug-likeness (QED) is 0.903. The third-order valence-electron chi connectivity index (χ3n) is 2.89. The van der Waals surface area contributed by atoms with Crippen LogP contribution in [0.3, 0.4) is 0 Å². The number of imidazole rings is 1. The van der Waals surface area contributed by atoms with Crippen molar-refractivity contribution in [3.05, 3.63) is 47.8 Å². The average Bonchev–Trinajstić information content (AvgIpc) is 2.77. The lowest BCUT2D eigenvalue weighted by molar-refractivity contribution is 0.198. The van der Waals surface area contributed by atoms with E-state index in [2.05, 4.69) is 11.9 Å². The number of aliphatic hydroxyl groups excluding tert-OH is 1. The fourth-order valence-electron chi connectivity index (χ4n) is 2.04. The molecule has 1 N–H and O–H groups in total. The molecule has 0 saturated heterocycles. The van der Waals surface area contributed by atoms with Crippen LogP contribution >= 0.6 is 0 Å². The zero-order valence-electron chi connectivity index (χ0n) is 10.6. The van der Waals surface area contributed by atoms with Gasteiger partial charge in [-0.15, -0.1) is 0 Å². The van der Waals surface area contributed by atoms with Crippen molar-refractivity contribution in [2.75, 3.05) is 0 Å². The van der Waals surface area contributed by atoms with Crippen molar-refractivity contribution in [2.45, 2.75) is 32.8 Å². The van der Waals surface area contributed by atoms with Gasteiger partial charge in [-0.2, -0.15) is 0 Å². The van der Waals surface area contributed by atoms with Crippen LogP contribution in [0.5, 0.6) is 0 Å². The van der Waals surface area contributed by atoms with Crippen molar-refractivity contribution < 1.29 is 9.50 Å². The first-order valence-electron chi connectivity index (χ1n) is 6.13. The lowest BCUT2D eigenvalue weighted by Crippen LogP contribution is -2.06. The maximum absolute atomic E-state index is 13.3. The summed E-state index contributed by atoms with van der Waals surface area (Å²) in [5.74, 6) is 0.581. The summed E-state index contributed by atoms with van der Waals surface area (Å²) in [7, 11) is 0. The van der Waals surface area contributed by atoms with Crippen LogP contribution in [0.25, 0.3) is 5.69 Å². The maximum Gasteiger partial charge on any atom is 0.123 e. The average molecular weight is 248 g/mol. The second-order valence-electron chi connectivity index (χ2n) is 4.34. The summed E-state index contributed by atoms with van der Waals surface area (Å²) in [6, 6.07) is 4.45. The molecule has 0 aliphatic rings. The fourth-order valence-corrected chi connectivity index (χ4v) is 2.04. The molecule has 0 radical (unpaired) electrons. The second kappa shape index (κ2) is 5.31. The molecule has 0 amide bonds. The van der Waals surface area contributed by atoms with E-state index in [-0.39, 0.29) is 5.82 Å². The van der Waals surface area contributed by atoms with Gasteiger partial charge < -0.3 is 9.67 Å². The van der Waals surface area contributed by atoms with Crippen molar-refractivity contribution in [3.8, 4) is 5.69 Å². The minimum Gasteiger partial charge on any atom is -0.389 e. The highest BCUT2D eigenvalue weighted by Gasteiger charge is 2.13. The van der Waals surface area contributed by atoms with Crippen LogP contribution < -0.4 is 0 Å². The molecule has 4 heteroatoms. The molecule has 96 valence electrons. The van der Waals surface area contributed by atoms with E-state index in [1.54, 1.807) is 19.2 Å². The molecular formula is C14H17FN2O. The lowest BCUT2D eigenvalue weighted by atomic mass is 10.1. The topological polar surface area (TPSA) is 38.0 Å². The molecule has 0 spiro atoms. The molecule has 1 aromatic carbocycles. The molecule has 0 fully saturated rings. The lowest BCUT2D eigenvalue weighted by Gasteiger charge is -2.15. The Hall–Kier alpha value is -1.68. The molecule has 0 saturated carbocycles. The van der Waals surface area contributed by atoms with E-state index in [0.29, 0.717) is 5.56 Å². The van der Waals surface area contributed by atoms with Crippen LogP contribution in [0.4, 0.5) is 4.39 Å². The maximum atomic E-state index is 13.3. The van der Waals surface area contributed by atoms with Gasteiger partial charge in [-0.25, -0.2) is 9.37 Å². The molecule has 1 atom stereocenters. The first-order valence-corrected chi connectivity index (χ1v) is 6.13. The van der Waals surface area contributed by atoms with Crippen molar-refractivity contribution in [3.63, 3.8) is 0 Å². The smallest absolute Gasteiger partial charge is 0.123 e. The SMILES string of the molecule is CCCc1nccn1-c1ccc(F)cc1C(C)O. The number of rotatable bonds is 4. The van der Waals surface area contributed by atoms with E-state index in [9.17, 15) is 9.50 Å². The summed E-state index contributed by atoms with van der Waals surface area (Å²) >= 11 is 0. The number of nitrogens with zero attached hydrogens (tertiary/aromatic N) is 2. The number of halogens is 1. The largest absolute Gasteiger partial charge is 0.389 e. The second-order valence-corrected chi connectivity index (χ2v) is 4.34. The first-order chi connectivity index (χ1) is 8.63. The molecule has 2 aromatic rings. The van der Waals surface area contributed by atoms with Gasteiger partial charge in [0.25, 0.3) is 0 Å². The van der Waals surface area contributed by atoms with Gasteiger partial charge in [0.1, 0.15) is 11.6 Å². The highest BCUT2D eigenvalue weighted by Crippen LogP contribution is 2.24. The monoisotopic (exact) mass is 248 g/mol.